The van der Waals surface area contributed by atoms with Crippen molar-refractivity contribution >= 4 is 5.96 Å². The fourth-order valence-electron chi connectivity index (χ4n) is 2.54. The van der Waals surface area contributed by atoms with Crippen LogP contribution in [0, 0.1) is 5.92 Å². The summed E-state index contributed by atoms with van der Waals surface area (Å²) in [6, 6.07) is 1.95. The molecular weight excluding hydrogens is 252 g/mol. The number of hydrogen-bond acceptors (Lipinski definition) is 3. The molecule has 112 valence electrons. The summed E-state index contributed by atoms with van der Waals surface area (Å²) in [4.78, 5) is 6.64. The first-order valence-electron chi connectivity index (χ1n) is 7.38. The molecule has 1 aliphatic heterocycles. The fourth-order valence-corrected chi connectivity index (χ4v) is 2.54. The molecule has 6 nitrogen and oxygen atoms in total. The van der Waals surface area contributed by atoms with Gasteiger partial charge >= 0.3 is 0 Å². The summed E-state index contributed by atoms with van der Waals surface area (Å²) in [5.74, 6) is 1.64. The Balaban J connectivity index is 1.58. The highest BCUT2D eigenvalue weighted by molar-refractivity contribution is 5.79. The SMILES string of the molecule is CN=C(NCCCn1cccn1)NCC1CCN(C)C1. The van der Waals surface area contributed by atoms with E-state index in [1.165, 1.54) is 19.5 Å². The molecule has 0 aliphatic carbocycles. The Morgan fingerprint density at radius 2 is 2.35 bits per heavy atom. The van der Waals surface area contributed by atoms with E-state index in [0.29, 0.717) is 0 Å². The van der Waals surface area contributed by atoms with E-state index >= 15 is 0 Å². The molecule has 1 unspecified atom stereocenters. The summed E-state index contributed by atoms with van der Waals surface area (Å²) in [6.45, 7) is 5.24. The average Bonchev–Trinajstić information content (AvgIpc) is 3.09. The molecule has 0 amide bonds. The lowest BCUT2D eigenvalue weighted by Gasteiger charge is -2.15. The van der Waals surface area contributed by atoms with Crippen molar-refractivity contribution in [2.45, 2.75) is 19.4 Å². The fraction of sp³-hybridized carbons (Fsp3) is 0.714. The van der Waals surface area contributed by atoms with Gasteiger partial charge in [-0.3, -0.25) is 9.67 Å². The lowest BCUT2D eigenvalue weighted by atomic mass is 10.1. The molecule has 1 aromatic heterocycles. The third kappa shape index (κ3) is 4.85. The predicted octanol–water partition coefficient (Wildman–Crippen LogP) is 0.390. The lowest BCUT2D eigenvalue weighted by molar-refractivity contribution is 0.394. The van der Waals surface area contributed by atoms with Crippen molar-refractivity contribution in [2.24, 2.45) is 10.9 Å². The maximum atomic E-state index is 4.26. The van der Waals surface area contributed by atoms with E-state index in [4.69, 9.17) is 0 Å². The van der Waals surface area contributed by atoms with Crippen molar-refractivity contribution in [2.75, 3.05) is 40.3 Å². The first kappa shape index (κ1) is 14.8. The largest absolute Gasteiger partial charge is 0.356 e. The third-order valence-electron chi connectivity index (χ3n) is 3.69. The summed E-state index contributed by atoms with van der Waals surface area (Å²) >= 11 is 0. The van der Waals surface area contributed by atoms with Crippen LogP contribution in [0.2, 0.25) is 0 Å². The Hall–Kier alpha value is -1.56. The minimum Gasteiger partial charge on any atom is -0.356 e. The van der Waals surface area contributed by atoms with Crippen LogP contribution in [0.3, 0.4) is 0 Å². The van der Waals surface area contributed by atoms with Crippen molar-refractivity contribution in [3.63, 3.8) is 0 Å². The van der Waals surface area contributed by atoms with E-state index in [1.807, 2.05) is 30.2 Å². The molecule has 6 heteroatoms. The number of nitrogens with zero attached hydrogens (tertiary/aromatic N) is 4. The lowest BCUT2D eigenvalue weighted by Crippen LogP contribution is -2.40. The molecule has 1 fully saturated rings. The van der Waals surface area contributed by atoms with Gasteiger partial charge in [0.2, 0.25) is 0 Å². The van der Waals surface area contributed by atoms with Crippen LogP contribution in [0.1, 0.15) is 12.8 Å². The number of aromatic nitrogens is 2. The van der Waals surface area contributed by atoms with Gasteiger partial charge < -0.3 is 15.5 Å². The van der Waals surface area contributed by atoms with Gasteiger partial charge in [-0.25, -0.2) is 0 Å². The van der Waals surface area contributed by atoms with Crippen molar-refractivity contribution in [1.29, 1.82) is 0 Å². The Labute approximate surface area is 121 Å². The predicted molar refractivity (Wildman–Crippen MR) is 81.8 cm³/mol. The number of hydrogen-bond donors (Lipinski definition) is 2. The van der Waals surface area contributed by atoms with Crippen molar-refractivity contribution in [3.05, 3.63) is 18.5 Å². The minimum absolute atomic E-state index is 0.739. The standard InChI is InChI=1S/C14H26N6/c1-15-14(17-11-13-5-10-19(2)12-13)16-6-3-8-20-9-4-7-18-20/h4,7,9,13H,3,5-6,8,10-12H2,1-2H3,(H2,15,16,17). The maximum Gasteiger partial charge on any atom is 0.190 e. The van der Waals surface area contributed by atoms with Crippen LogP contribution >= 0.6 is 0 Å². The van der Waals surface area contributed by atoms with Crippen LogP contribution in [0.15, 0.2) is 23.5 Å². The second-order valence-electron chi connectivity index (χ2n) is 5.42. The van der Waals surface area contributed by atoms with Gasteiger partial charge in [-0.2, -0.15) is 5.10 Å². The van der Waals surface area contributed by atoms with Crippen molar-refractivity contribution in [3.8, 4) is 0 Å². The summed E-state index contributed by atoms with van der Waals surface area (Å²) in [7, 11) is 4.01. The van der Waals surface area contributed by atoms with Gasteiger partial charge in [-0.15, -0.1) is 0 Å². The Morgan fingerprint density at radius 1 is 1.45 bits per heavy atom. The average molecular weight is 278 g/mol. The van der Waals surface area contributed by atoms with Gasteiger partial charge in [0.05, 0.1) is 0 Å². The second kappa shape index (κ2) is 7.89. The number of nitrogens with one attached hydrogen (secondary N) is 2. The molecule has 0 radical (unpaired) electrons. The van der Waals surface area contributed by atoms with Crippen LogP contribution in [0.4, 0.5) is 0 Å². The van der Waals surface area contributed by atoms with Gasteiger partial charge in [0.1, 0.15) is 0 Å². The number of rotatable bonds is 6. The molecule has 0 spiro atoms. The second-order valence-corrected chi connectivity index (χ2v) is 5.42. The van der Waals surface area contributed by atoms with Gasteiger partial charge in [0, 0.05) is 45.6 Å². The van der Waals surface area contributed by atoms with Crippen molar-refractivity contribution < 1.29 is 0 Å². The number of aliphatic imine (C=N–C) groups is 1. The zero-order chi connectivity index (χ0) is 14.2. The molecule has 20 heavy (non-hydrogen) atoms. The highest BCUT2D eigenvalue weighted by atomic mass is 15.3. The first-order chi connectivity index (χ1) is 9.78. The quantitative estimate of drug-likeness (QED) is 0.449. The van der Waals surface area contributed by atoms with Crippen molar-refractivity contribution in [1.82, 2.24) is 25.3 Å². The van der Waals surface area contributed by atoms with Gasteiger partial charge in [-0.05, 0) is 38.4 Å². The molecular formula is C14H26N6. The highest BCUT2D eigenvalue weighted by Gasteiger charge is 2.19. The van der Waals surface area contributed by atoms with Crippen LogP contribution in [0.25, 0.3) is 0 Å². The van der Waals surface area contributed by atoms with E-state index < -0.39 is 0 Å². The minimum atomic E-state index is 0.739. The normalized spacial score (nSPS) is 20.3. The zero-order valence-corrected chi connectivity index (χ0v) is 12.5. The Bertz CT molecular complexity index is 400. The molecule has 1 aliphatic rings. The third-order valence-corrected chi connectivity index (χ3v) is 3.69. The smallest absolute Gasteiger partial charge is 0.190 e. The summed E-state index contributed by atoms with van der Waals surface area (Å²) in [5, 5.41) is 11.0. The van der Waals surface area contributed by atoms with Gasteiger partial charge in [0.25, 0.3) is 0 Å². The zero-order valence-electron chi connectivity index (χ0n) is 12.5. The first-order valence-corrected chi connectivity index (χ1v) is 7.38. The van der Waals surface area contributed by atoms with Crippen LogP contribution in [-0.4, -0.2) is 60.9 Å². The molecule has 1 atom stereocenters. The molecule has 1 aromatic rings. The van der Waals surface area contributed by atoms with E-state index in [1.54, 1.807) is 0 Å². The molecule has 0 aromatic carbocycles. The van der Waals surface area contributed by atoms with E-state index in [9.17, 15) is 0 Å². The summed E-state index contributed by atoms with van der Waals surface area (Å²) < 4.78 is 1.95. The van der Waals surface area contributed by atoms with E-state index in [2.05, 4.69) is 32.7 Å². The molecule has 0 saturated carbocycles. The Morgan fingerprint density at radius 3 is 3.00 bits per heavy atom. The molecule has 0 bridgehead atoms. The number of aryl methyl sites for hydroxylation is 1. The Kier molecular flexibility index (Phi) is 5.86. The maximum absolute atomic E-state index is 4.26. The molecule has 2 rings (SSSR count). The monoisotopic (exact) mass is 278 g/mol. The highest BCUT2D eigenvalue weighted by Crippen LogP contribution is 2.12. The van der Waals surface area contributed by atoms with Gasteiger partial charge in [0.15, 0.2) is 5.96 Å². The number of likely N-dealkylation sites (tertiary alicyclic amines) is 1. The van der Waals surface area contributed by atoms with E-state index in [-0.39, 0.29) is 0 Å². The molecule has 1 saturated heterocycles. The topological polar surface area (TPSA) is 57.5 Å². The number of guanidine groups is 1. The summed E-state index contributed by atoms with van der Waals surface area (Å²) in [5.41, 5.74) is 0. The van der Waals surface area contributed by atoms with E-state index in [0.717, 1.165) is 37.9 Å². The van der Waals surface area contributed by atoms with Crippen LogP contribution in [0.5, 0.6) is 0 Å². The van der Waals surface area contributed by atoms with Gasteiger partial charge in [-0.1, -0.05) is 0 Å². The molecule has 2 heterocycles. The van der Waals surface area contributed by atoms with Crippen LogP contribution < -0.4 is 10.6 Å². The van der Waals surface area contributed by atoms with Crippen LogP contribution in [-0.2, 0) is 6.54 Å². The summed E-state index contributed by atoms with van der Waals surface area (Å²) in [6.07, 6.45) is 6.12. The molecule has 2 N–H and O–H groups in total.